The third-order valence-corrected chi connectivity index (χ3v) is 10.4. The number of fused-ring (bicyclic) bond motifs is 4. The number of likely N-dealkylation sites (tertiary alicyclic amines) is 1. The van der Waals surface area contributed by atoms with Crippen molar-refractivity contribution in [3.8, 4) is 28.5 Å². The van der Waals surface area contributed by atoms with Crippen LogP contribution in [0.2, 0.25) is 0 Å². The zero-order valence-corrected chi connectivity index (χ0v) is 28.6. The van der Waals surface area contributed by atoms with E-state index in [1.54, 1.807) is 19.4 Å². The predicted molar refractivity (Wildman–Crippen MR) is 196 cm³/mol. The van der Waals surface area contributed by atoms with E-state index in [4.69, 9.17) is 20.4 Å². The Labute approximate surface area is 287 Å². The van der Waals surface area contributed by atoms with E-state index in [-0.39, 0.29) is 23.2 Å². The highest BCUT2D eigenvalue weighted by Crippen LogP contribution is 2.41. The zero-order chi connectivity index (χ0) is 34.2. The summed E-state index contributed by atoms with van der Waals surface area (Å²) >= 11 is 0. The van der Waals surface area contributed by atoms with E-state index in [1.165, 1.54) is 20.0 Å². The van der Waals surface area contributed by atoms with Gasteiger partial charge in [0.25, 0.3) is 5.91 Å². The van der Waals surface area contributed by atoms with Crippen LogP contribution in [0.3, 0.4) is 0 Å². The van der Waals surface area contributed by atoms with Gasteiger partial charge in [-0.25, -0.2) is 19.7 Å². The van der Waals surface area contributed by atoms with Gasteiger partial charge in [0.15, 0.2) is 5.82 Å². The van der Waals surface area contributed by atoms with Crippen LogP contribution < -0.4 is 15.8 Å². The van der Waals surface area contributed by atoms with E-state index in [0.29, 0.717) is 41.0 Å². The van der Waals surface area contributed by atoms with Gasteiger partial charge in [-0.1, -0.05) is 0 Å². The highest BCUT2D eigenvalue weighted by molar-refractivity contribution is 6.57. The van der Waals surface area contributed by atoms with Gasteiger partial charge < -0.3 is 29.2 Å². The van der Waals surface area contributed by atoms with Crippen LogP contribution in [0.1, 0.15) is 36.0 Å². The van der Waals surface area contributed by atoms with Crippen molar-refractivity contribution in [2.24, 2.45) is 17.6 Å². The Kier molecular flexibility index (Phi) is 7.51. The molecule has 12 nitrogen and oxygen atoms in total. The van der Waals surface area contributed by atoms with Crippen molar-refractivity contribution in [3.05, 3.63) is 54.2 Å². The molecule has 1 aromatic carbocycles. The predicted octanol–water partition coefficient (Wildman–Crippen LogP) is 1.74. The van der Waals surface area contributed by atoms with Crippen LogP contribution in [0.25, 0.3) is 44.8 Å². The maximum Gasteiger partial charge on any atom is 0.412 e. The van der Waals surface area contributed by atoms with Crippen LogP contribution in [0.4, 0.5) is 10.6 Å². The van der Waals surface area contributed by atoms with Gasteiger partial charge in [0, 0.05) is 47.9 Å². The molecule has 2 aliphatic carbocycles. The van der Waals surface area contributed by atoms with Crippen LogP contribution >= 0.6 is 0 Å². The molecular formula is C34H39B3N8O4. The van der Waals surface area contributed by atoms with Crippen molar-refractivity contribution in [3.63, 3.8) is 0 Å². The maximum absolute atomic E-state index is 13.9. The van der Waals surface area contributed by atoms with Crippen molar-refractivity contribution < 1.29 is 19.1 Å². The van der Waals surface area contributed by atoms with Gasteiger partial charge in [-0.2, -0.15) is 0 Å². The Balaban J connectivity index is 1.25. The normalized spacial score (nSPS) is 20.3. The molecule has 3 N–H and O–H groups in total. The highest BCUT2D eigenvalue weighted by Gasteiger charge is 2.47. The second-order valence-corrected chi connectivity index (χ2v) is 14.7. The molecular weight excluding hydrogens is 617 g/mol. The van der Waals surface area contributed by atoms with Crippen LogP contribution in [0.5, 0.6) is 5.75 Å². The Morgan fingerprint density at radius 1 is 1.04 bits per heavy atom. The van der Waals surface area contributed by atoms with Gasteiger partial charge in [0.2, 0.25) is 0 Å². The molecule has 3 fully saturated rings. The van der Waals surface area contributed by atoms with Crippen molar-refractivity contribution in [2.75, 3.05) is 26.1 Å². The third kappa shape index (κ3) is 5.44. The lowest BCUT2D eigenvalue weighted by Gasteiger charge is -2.28. The average molecular weight is 656 g/mol. The fourth-order valence-corrected chi connectivity index (χ4v) is 7.72. The number of pyridine rings is 2. The summed E-state index contributed by atoms with van der Waals surface area (Å²) in [7, 11) is 9.45. The number of anilines is 1. The van der Waals surface area contributed by atoms with Gasteiger partial charge >= 0.3 is 6.09 Å². The molecule has 8 rings (SSSR count). The molecule has 248 valence electrons. The highest BCUT2D eigenvalue weighted by atomic mass is 16.5. The number of imidazole rings is 1. The fourth-order valence-electron chi connectivity index (χ4n) is 7.72. The van der Waals surface area contributed by atoms with Gasteiger partial charge in [-0.3, -0.25) is 10.1 Å². The topological polar surface area (TPSA) is 142 Å². The minimum Gasteiger partial charge on any atom is -0.494 e. The number of piperidine rings is 1. The number of amides is 2. The number of hydrogen-bond donors (Lipinski definition) is 2. The molecule has 5 heterocycles. The maximum atomic E-state index is 13.9. The van der Waals surface area contributed by atoms with E-state index < -0.39 is 6.09 Å². The van der Waals surface area contributed by atoms with Gasteiger partial charge in [-0.05, 0) is 85.2 Å². The largest absolute Gasteiger partial charge is 0.494 e. The Hall–Kier alpha value is -4.78. The van der Waals surface area contributed by atoms with Gasteiger partial charge in [-0.15, -0.1) is 0 Å². The third-order valence-electron chi connectivity index (χ3n) is 10.4. The molecule has 4 aromatic heterocycles. The Bertz CT molecular complexity index is 2120. The number of nitrogens with two attached hydrogens (primary N) is 1. The zero-order valence-electron chi connectivity index (χ0n) is 28.6. The molecule has 49 heavy (non-hydrogen) atoms. The molecule has 1 saturated heterocycles. The molecule has 5 aromatic rings. The standard InChI is InChI=1S/C34H39B3N8O4/c1-48-26-13-21(32(46)44-16-20-6-9-24(44)28(20)38)11-23-29(26)45(34(35,36)37)31(41-23)25-12-18-5-8-22(40-30(18)43(25)15-17-3-4-17)19-7-10-27(39-14-19)42-33(47)49-2/h5,7-8,10-14,17,20,24,28H,3-4,6,9,15-16,35-38H2,1-2H3,(H,39,42,47). The summed E-state index contributed by atoms with van der Waals surface area (Å²) in [5.41, 5.74) is 12.0. The number of hydrogen-bond acceptors (Lipinski definition) is 8. The number of ether oxygens (including phenoxy) is 2. The summed E-state index contributed by atoms with van der Waals surface area (Å²) in [6, 6.07) is 13.8. The smallest absolute Gasteiger partial charge is 0.412 e. The number of rotatable bonds is 8. The van der Waals surface area contributed by atoms with Crippen molar-refractivity contribution in [2.45, 2.75) is 49.5 Å². The number of benzene rings is 1. The first-order valence-electron chi connectivity index (χ1n) is 17.0. The van der Waals surface area contributed by atoms with Gasteiger partial charge in [0.1, 0.15) is 46.3 Å². The summed E-state index contributed by atoms with van der Waals surface area (Å²) in [6.45, 7) is 1.52. The first-order chi connectivity index (χ1) is 23.5. The lowest BCUT2D eigenvalue weighted by atomic mass is 9.49. The number of methoxy groups -OCH3 is 2. The molecule has 2 amide bonds. The molecule has 2 bridgehead atoms. The van der Waals surface area contributed by atoms with Crippen molar-refractivity contribution in [1.82, 2.24) is 29.0 Å². The van der Waals surface area contributed by atoms with Crippen LogP contribution in [0.15, 0.2) is 48.7 Å². The minimum absolute atomic E-state index is 0.0158. The summed E-state index contributed by atoms with van der Waals surface area (Å²) < 4.78 is 15.2. The number of carbonyl (C=O) groups excluding carboxylic acids is 2. The van der Waals surface area contributed by atoms with Crippen molar-refractivity contribution >= 4 is 63.4 Å². The summed E-state index contributed by atoms with van der Waals surface area (Å²) in [5, 5.41) is 3.23. The molecule has 1 aliphatic heterocycles. The lowest BCUT2D eigenvalue weighted by Crippen LogP contribution is -2.41. The summed E-state index contributed by atoms with van der Waals surface area (Å²) in [6.07, 6.45) is 5.51. The molecule has 0 radical (unpaired) electrons. The van der Waals surface area contributed by atoms with E-state index in [1.807, 2.05) is 29.2 Å². The summed E-state index contributed by atoms with van der Waals surface area (Å²) in [4.78, 5) is 42.3. The number of nitrogens with zero attached hydrogens (tertiary/aromatic N) is 6. The first-order valence-corrected chi connectivity index (χ1v) is 17.0. The molecule has 3 atom stereocenters. The summed E-state index contributed by atoms with van der Waals surface area (Å²) in [5.74, 6) is 2.73. The Morgan fingerprint density at radius 3 is 2.49 bits per heavy atom. The molecule has 3 aliphatic rings. The van der Waals surface area contributed by atoms with Crippen molar-refractivity contribution in [1.29, 1.82) is 0 Å². The van der Waals surface area contributed by atoms with E-state index in [2.05, 4.69) is 59.8 Å². The molecule has 15 heteroatoms. The second kappa shape index (κ2) is 11.7. The molecule has 3 unspecified atom stereocenters. The van der Waals surface area contributed by atoms with Gasteiger partial charge in [0.05, 0.1) is 31.1 Å². The van der Waals surface area contributed by atoms with Crippen LogP contribution in [0, 0.1) is 11.8 Å². The SMILES string of the molecule is BC(B)(B)n1c(-c2cc3ccc(-c4ccc(NC(=O)OC)nc4)nc3n2CC2CC2)nc2cc(C(=O)N3CC4CCC3C4N)cc(OC)c21. The number of aromatic nitrogens is 5. The Morgan fingerprint density at radius 2 is 1.86 bits per heavy atom. The average Bonchev–Trinajstić information content (AvgIpc) is 3.41. The van der Waals surface area contributed by atoms with Crippen LogP contribution in [-0.2, 0) is 16.5 Å². The molecule has 0 spiro atoms. The molecule has 2 saturated carbocycles. The lowest BCUT2D eigenvalue weighted by molar-refractivity contribution is 0.0700. The first kappa shape index (κ1) is 31.5. The van der Waals surface area contributed by atoms with E-state index in [9.17, 15) is 9.59 Å². The van der Waals surface area contributed by atoms with Crippen LogP contribution in [-0.4, -0.2) is 97.4 Å². The number of nitrogens with one attached hydrogen (secondary N) is 1. The van der Waals surface area contributed by atoms with E-state index in [0.717, 1.165) is 58.7 Å². The quantitative estimate of drug-likeness (QED) is 0.241. The van der Waals surface area contributed by atoms with E-state index >= 15 is 0 Å². The second-order valence-electron chi connectivity index (χ2n) is 14.7. The number of carbonyl (C=O) groups is 2. The minimum atomic E-state index is -0.574. The monoisotopic (exact) mass is 656 g/mol. The fraction of sp³-hybridized carbons (Fsp3) is 0.382.